The molecule has 0 saturated heterocycles. The third kappa shape index (κ3) is 7.19. The van der Waals surface area contributed by atoms with Gasteiger partial charge in [-0.3, -0.25) is 9.59 Å². The van der Waals surface area contributed by atoms with Crippen molar-refractivity contribution in [1.29, 1.82) is 0 Å². The summed E-state index contributed by atoms with van der Waals surface area (Å²) in [5.74, 6) is -1.41. The zero-order valence-electron chi connectivity index (χ0n) is 14.8. The maximum Gasteiger partial charge on any atom is 0.407 e. The Balaban J connectivity index is 2.39. The Hall–Kier alpha value is -1.79. The number of nitrogens with one attached hydrogen (secondary N) is 1. The van der Waals surface area contributed by atoms with E-state index in [1.807, 2.05) is 0 Å². The first-order valence-corrected chi connectivity index (χ1v) is 8.57. The average Bonchev–Trinajstić information content (AvgIpc) is 2.51. The van der Waals surface area contributed by atoms with Gasteiger partial charge in [-0.1, -0.05) is 33.1 Å². The number of alkyl carbamates (subject to hydrolysis) is 1. The Morgan fingerprint density at radius 1 is 1.12 bits per heavy atom. The number of carbonyl (C=O) groups excluding carboxylic acids is 2. The van der Waals surface area contributed by atoms with E-state index in [1.165, 1.54) is 0 Å². The van der Waals surface area contributed by atoms with Gasteiger partial charge >= 0.3 is 18.0 Å². The summed E-state index contributed by atoms with van der Waals surface area (Å²) in [7, 11) is 0. The van der Waals surface area contributed by atoms with Crippen molar-refractivity contribution in [2.24, 2.45) is 11.3 Å². The van der Waals surface area contributed by atoms with Crippen LogP contribution in [0.25, 0.3) is 0 Å². The number of aliphatic carboxylic acids is 1. The predicted molar refractivity (Wildman–Crippen MR) is 87.5 cm³/mol. The van der Waals surface area contributed by atoms with Crippen LogP contribution in [0.4, 0.5) is 4.79 Å². The van der Waals surface area contributed by atoms with Crippen LogP contribution in [0.1, 0.15) is 59.3 Å². The smallest absolute Gasteiger partial charge is 0.407 e. The van der Waals surface area contributed by atoms with Crippen molar-refractivity contribution in [2.75, 3.05) is 13.2 Å². The van der Waals surface area contributed by atoms with Crippen molar-refractivity contribution in [2.45, 2.75) is 65.4 Å². The maximum absolute atomic E-state index is 11.9. The fourth-order valence-corrected chi connectivity index (χ4v) is 2.92. The highest BCUT2D eigenvalue weighted by molar-refractivity contribution is 5.71. The first-order valence-electron chi connectivity index (χ1n) is 8.57. The van der Waals surface area contributed by atoms with Crippen LogP contribution in [-0.2, 0) is 19.1 Å². The fraction of sp³-hybridized carbons (Fsp3) is 0.824. The predicted octanol–water partition coefficient (Wildman–Crippen LogP) is 2.73. The van der Waals surface area contributed by atoms with E-state index < -0.39 is 23.6 Å². The number of carboxylic acids is 1. The summed E-state index contributed by atoms with van der Waals surface area (Å²) in [6, 6.07) is 0. The number of carbonyl (C=O) groups is 3. The minimum Gasteiger partial charge on any atom is -0.481 e. The summed E-state index contributed by atoms with van der Waals surface area (Å²) >= 11 is 0. The maximum atomic E-state index is 11.9. The van der Waals surface area contributed by atoms with Gasteiger partial charge in [-0.15, -0.1) is 0 Å². The SMILES string of the molecule is CC(COC(=O)C(C)C)OC(=O)NCC1(CC(=O)O)CCCCC1. The van der Waals surface area contributed by atoms with Gasteiger partial charge in [0.2, 0.25) is 0 Å². The molecule has 7 nitrogen and oxygen atoms in total. The van der Waals surface area contributed by atoms with Gasteiger partial charge in [-0.25, -0.2) is 4.79 Å². The molecule has 1 unspecified atom stereocenters. The summed E-state index contributed by atoms with van der Waals surface area (Å²) in [4.78, 5) is 34.4. The molecule has 0 aromatic heterocycles. The van der Waals surface area contributed by atoms with Gasteiger partial charge in [-0.05, 0) is 25.2 Å². The Bertz CT molecular complexity index is 442. The van der Waals surface area contributed by atoms with E-state index in [-0.39, 0.29) is 31.5 Å². The number of hydrogen-bond donors (Lipinski definition) is 2. The van der Waals surface area contributed by atoms with Crippen LogP contribution in [0.3, 0.4) is 0 Å². The van der Waals surface area contributed by atoms with Crippen LogP contribution in [-0.4, -0.2) is 42.4 Å². The molecule has 0 radical (unpaired) electrons. The van der Waals surface area contributed by atoms with Crippen molar-refractivity contribution in [3.63, 3.8) is 0 Å². The van der Waals surface area contributed by atoms with Crippen molar-refractivity contribution in [1.82, 2.24) is 5.32 Å². The van der Waals surface area contributed by atoms with E-state index in [0.717, 1.165) is 32.1 Å². The van der Waals surface area contributed by atoms with Crippen LogP contribution in [0.2, 0.25) is 0 Å². The number of rotatable bonds is 8. The normalized spacial score (nSPS) is 17.8. The second kappa shape index (κ2) is 9.49. The van der Waals surface area contributed by atoms with E-state index in [9.17, 15) is 14.4 Å². The van der Waals surface area contributed by atoms with E-state index in [1.54, 1.807) is 20.8 Å². The highest BCUT2D eigenvalue weighted by Gasteiger charge is 2.35. The van der Waals surface area contributed by atoms with Crippen molar-refractivity contribution in [3.05, 3.63) is 0 Å². The first-order chi connectivity index (χ1) is 11.2. The van der Waals surface area contributed by atoms with Gasteiger partial charge in [0.05, 0.1) is 12.3 Å². The molecular formula is C17H29NO6. The molecule has 0 aromatic rings. The fourth-order valence-electron chi connectivity index (χ4n) is 2.92. The summed E-state index contributed by atoms with van der Waals surface area (Å²) in [6.07, 6.45) is 3.52. The highest BCUT2D eigenvalue weighted by Crippen LogP contribution is 2.38. The summed E-state index contributed by atoms with van der Waals surface area (Å²) < 4.78 is 10.2. The molecule has 1 saturated carbocycles. The van der Waals surface area contributed by atoms with Crippen molar-refractivity contribution >= 4 is 18.0 Å². The van der Waals surface area contributed by atoms with Crippen LogP contribution < -0.4 is 5.32 Å². The molecule has 138 valence electrons. The van der Waals surface area contributed by atoms with E-state index >= 15 is 0 Å². The van der Waals surface area contributed by atoms with E-state index in [4.69, 9.17) is 14.6 Å². The highest BCUT2D eigenvalue weighted by atomic mass is 16.6. The molecule has 2 N–H and O–H groups in total. The van der Waals surface area contributed by atoms with Gasteiger partial charge in [0.1, 0.15) is 12.7 Å². The largest absolute Gasteiger partial charge is 0.481 e. The molecule has 1 aliphatic rings. The molecule has 1 fully saturated rings. The van der Waals surface area contributed by atoms with Gasteiger partial charge in [0.15, 0.2) is 0 Å². The number of esters is 1. The monoisotopic (exact) mass is 343 g/mol. The molecule has 0 heterocycles. The summed E-state index contributed by atoms with van der Waals surface area (Å²) in [6.45, 7) is 5.39. The van der Waals surface area contributed by atoms with E-state index in [2.05, 4.69) is 5.32 Å². The van der Waals surface area contributed by atoms with Gasteiger partial charge in [0, 0.05) is 6.54 Å². The Morgan fingerprint density at radius 2 is 1.75 bits per heavy atom. The lowest BCUT2D eigenvalue weighted by Crippen LogP contribution is -2.41. The molecule has 0 bridgehead atoms. The lowest BCUT2D eigenvalue weighted by Gasteiger charge is -2.36. The second-order valence-electron chi connectivity index (χ2n) is 6.99. The lowest BCUT2D eigenvalue weighted by molar-refractivity contribution is -0.150. The lowest BCUT2D eigenvalue weighted by atomic mass is 9.72. The van der Waals surface area contributed by atoms with Crippen LogP contribution in [0, 0.1) is 11.3 Å². The van der Waals surface area contributed by atoms with Gasteiger partial charge in [0.25, 0.3) is 0 Å². The molecule has 0 aliphatic heterocycles. The first kappa shape index (κ1) is 20.3. The van der Waals surface area contributed by atoms with Crippen molar-refractivity contribution in [3.8, 4) is 0 Å². The number of carboxylic acid groups (broad SMARTS) is 1. The summed E-state index contributed by atoms with van der Waals surface area (Å²) in [5.41, 5.74) is -0.392. The Kier molecular flexibility index (Phi) is 8.01. The Morgan fingerprint density at radius 3 is 2.29 bits per heavy atom. The zero-order valence-corrected chi connectivity index (χ0v) is 14.8. The van der Waals surface area contributed by atoms with Crippen LogP contribution in [0.5, 0.6) is 0 Å². The van der Waals surface area contributed by atoms with E-state index in [0.29, 0.717) is 0 Å². The molecular weight excluding hydrogens is 314 g/mol. The molecule has 24 heavy (non-hydrogen) atoms. The standard InChI is InChI=1S/C17H29NO6/c1-12(2)15(21)23-10-13(3)24-16(22)18-11-17(9-14(19)20)7-5-4-6-8-17/h12-13H,4-11H2,1-3H3,(H,18,22)(H,19,20). The van der Waals surface area contributed by atoms with Gasteiger partial charge < -0.3 is 19.9 Å². The average molecular weight is 343 g/mol. The van der Waals surface area contributed by atoms with Crippen LogP contribution in [0.15, 0.2) is 0 Å². The number of amides is 1. The second-order valence-corrected chi connectivity index (χ2v) is 6.99. The summed E-state index contributed by atoms with van der Waals surface area (Å²) in [5, 5.41) is 11.8. The topological polar surface area (TPSA) is 102 Å². The quantitative estimate of drug-likeness (QED) is 0.657. The molecule has 0 spiro atoms. The molecule has 1 rings (SSSR count). The molecule has 0 aromatic carbocycles. The molecule has 1 amide bonds. The van der Waals surface area contributed by atoms with Crippen molar-refractivity contribution < 1.29 is 29.0 Å². The number of hydrogen-bond acceptors (Lipinski definition) is 5. The minimum absolute atomic E-state index is 0.00466. The zero-order chi connectivity index (χ0) is 18.2. The molecule has 7 heteroatoms. The molecule has 1 atom stereocenters. The minimum atomic E-state index is -0.846. The van der Waals surface area contributed by atoms with Crippen LogP contribution >= 0.6 is 0 Å². The van der Waals surface area contributed by atoms with Gasteiger partial charge in [-0.2, -0.15) is 0 Å². The third-order valence-corrected chi connectivity index (χ3v) is 4.29. The number of ether oxygens (including phenoxy) is 2. The molecule has 1 aliphatic carbocycles. The Labute approximate surface area is 143 Å². The third-order valence-electron chi connectivity index (χ3n) is 4.29.